The molecule has 0 aliphatic carbocycles. The standard InChI is InChI=1S/C26H22N8/c1-15(2)30-18-11-17(13-28-14-18)20-3-4-22-25(32-20)26(34-33-22)23-12-19-21(31-23)7-10-29-24(19)16-5-8-27-9-6-16/h3-15,30-31H,1-2H3,(H,33,34). The van der Waals surface area contributed by atoms with Crippen LogP contribution in [-0.2, 0) is 0 Å². The summed E-state index contributed by atoms with van der Waals surface area (Å²) in [5.41, 5.74) is 8.96. The van der Waals surface area contributed by atoms with Crippen molar-refractivity contribution in [3.8, 4) is 33.9 Å². The number of H-pyrrole nitrogens is 2. The van der Waals surface area contributed by atoms with Crippen molar-refractivity contribution in [2.24, 2.45) is 0 Å². The fourth-order valence-electron chi connectivity index (χ4n) is 4.16. The van der Waals surface area contributed by atoms with Gasteiger partial charge in [-0.1, -0.05) is 0 Å². The minimum atomic E-state index is 0.321. The van der Waals surface area contributed by atoms with Crippen molar-refractivity contribution in [2.75, 3.05) is 5.32 Å². The minimum Gasteiger partial charge on any atom is -0.382 e. The zero-order valence-corrected chi connectivity index (χ0v) is 18.7. The second-order valence-corrected chi connectivity index (χ2v) is 8.47. The molecule has 0 unspecified atom stereocenters. The summed E-state index contributed by atoms with van der Waals surface area (Å²) >= 11 is 0. The number of aromatic nitrogens is 7. The van der Waals surface area contributed by atoms with Crippen molar-refractivity contribution in [1.82, 2.24) is 35.1 Å². The van der Waals surface area contributed by atoms with Crippen LogP contribution in [0.4, 0.5) is 5.69 Å². The molecule has 0 spiro atoms. The Morgan fingerprint density at radius 3 is 2.56 bits per heavy atom. The van der Waals surface area contributed by atoms with Gasteiger partial charge in [-0.25, -0.2) is 4.98 Å². The molecule has 0 aliphatic rings. The highest BCUT2D eigenvalue weighted by Crippen LogP contribution is 2.33. The van der Waals surface area contributed by atoms with Crippen molar-refractivity contribution in [2.45, 2.75) is 19.9 Å². The van der Waals surface area contributed by atoms with Crippen LogP contribution in [0, 0.1) is 0 Å². The molecule has 8 nitrogen and oxygen atoms in total. The average molecular weight is 447 g/mol. The molecule has 0 saturated carbocycles. The third-order valence-corrected chi connectivity index (χ3v) is 5.65. The van der Waals surface area contributed by atoms with E-state index in [9.17, 15) is 0 Å². The molecular formula is C26H22N8. The lowest BCUT2D eigenvalue weighted by atomic mass is 10.1. The summed E-state index contributed by atoms with van der Waals surface area (Å²) in [6.07, 6.45) is 9.01. The molecule has 8 heteroatoms. The average Bonchev–Trinajstić information content (AvgIpc) is 3.48. The smallest absolute Gasteiger partial charge is 0.135 e. The number of pyridine rings is 4. The molecule has 0 aliphatic heterocycles. The van der Waals surface area contributed by atoms with E-state index in [1.807, 2.05) is 48.9 Å². The van der Waals surface area contributed by atoms with Crippen LogP contribution in [-0.4, -0.2) is 41.2 Å². The molecule has 6 aromatic heterocycles. The SMILES string of the molecule is CC(C)Nc1cncc(-c2ccc3[nH]nc(-c4cc5c(-c6ccncc6)nccc5[nH]4)c3n2)c1. The molecule has 0 atom stereocenters. The fraction of sp³-hybridized carbons (Fsp3) is 0.115. The molecule has 166 valence electrons. The second-order valence-electron chi connectivity index (χ2n) is 8.47. The van der Waals surface area contributed by atoms with Crippen molar-refractivity contribution >= 4 is 27.6 Å². The first-order valence-electron chi connectivity index (χ1n) is 11.1. The zero-order valence-electron chi connectivity index (χ0n) is 18.7. The summed E-state index contributed by atoms with van der Waals surface area (Å²) in [4.78, 5) is 21.6. The Morgan fingerprint density at radius 2 is 1.71 bits per heavy atom. The van der Waals surface area contributed by atoms with Gasteiger partial charge in [0, 0.05) is 59.1 Å². The number of hydrogen-bond donors (Lipinski definition) is 3. The van der Waals surface area contributed by atoms with Gasteiger partial charge in [0.1, 0.15) is 11.2 Å². The lowest BCUT2D eigenvalue weighted by Gasteiger charge is -2.10. The maximum Gasteiger partial charge on any atom is 0.135 e. The fourth-order valence-corrected chi connectivity index (χ4v) is 4.16. The van der Waals surface area contributed by atoms with E-state index in [1.165, 1.54) is 0 Å². The van der Waals surface area contributed by atoms with Gasteiger partial charge in [-0.3, -0.25) is 20.1 Å². The van der Waals surface area contributed by atoms with Crippen LogP contribution in [0.15, 0.2) is 73.4 Å². The summed E-state index contributed by atoms with van der Waals surface area (Å²) < 4.78 is 0. The Hall–Kier alpha value is -4.59. The molecule has 0 radical (unpaired) electrons. The Bertz CT molecular complexity index is 1610. The maximum atomic E-state index is 4.95. The van der Waals surface area contributed by atoms with Crippen LogP contribution in [0.2, 0.25) is 0 Å². The highest BCUT2D eigenvalue weighted by Gasteiger charge is 2.16. The van der Waals surface area contributed by atoms with E-state index in [0.717, 1.165) is 61.5 Å². The number of nitrogens with zero attached hydrogens (tertiary/aromatic N) is 5. The van der Waals surface area contributed by atoms with Gasteiger partial charge in [-0.2, -0.15) is 5.10 Å². The number of nitrogens with one attached hydrogen (secondary N) is 3. The monoisotopic (exact) mass is 446 g/mol. The first-order valence-corrected chi connectivity index (χ1v) is 11.1. The van der Waals surface area contributed by atoms with Gasteiger partial charge in [-0.05, 0) is 56.3 Å². The Kier molecular flexibility index (Phi) is 4.76. The second kappa shape index (κ2) is 8.08. The maximum absolute atomic E-state index is 4.95. The molecule has 0 bridgehead atoms. The molecule has 3 N–H and O–H groups in total. The number of fused-ring (bicyclic) bond motifs is 2. The van der Waals surface area contributed by atoms with Crippen molar-refractivity contribution < 1.29 is 0 Å². The van der Waals surface area contributed by atoms with E-state index in [1.54, 1.807) is 12.4 Å². The molecule has 34 heavy (non-hydrogen) atoms. The molecule has 0 saturated heterocycles. The predicted octanol–water partition coefficient (Wildman–Crippen LogP) is 5.45. The van der Waals surface area contributed by atoms with Crippen LogP contribution in [0.3, 0.4) is 0 Å². The summed E-state index contributed by atoms with van der Waals surface area (Å²) in [5.74, 6) is 0. The summed E-state index contributed by atoms with van der Waals surface area (Å²) in [7, 11) is 0. The third-order valence-electron chi connectivity index (χ3n) is 5.65. The van der Waals surface area contributed by atoms with Gasteiger partial charge in [0.05, 0.1) is 28.3 Å². The van der Waals surface area contributed by atoms with E-state index in [2.05, 4.69) is 61.4 Å². The van der Waals surface area contributed by atoms with Gasteiger partial charge >= 0.3 is 0 Å². The molecule has 0 amide bonds. The number of anilines is 1. The first-order chi connectivity index (χ1) is 16.7. The third kappa shape index (κ3) is 3.55. The van der Waals surface area contributed by atoms with E-state index < -0.39 is 0 Å². The summed E-state index contributed by atoms with van der Waals surface area (Å²) in [6.45, 7) is 4.20. The Labute approximate surface area is 195 Å². The Balaban J connectivity index is 1.45. The highest BCUT2D eigenvalue weighted by molar-refractivity contribution is 5.99. The molecule has 6 aromatic rings. The Morgan fingerprint density at radius 1 is 0.824 bits per heavy atom. The van der Waals surface area contributed by atoms with E-state index in [0.29, 0.717) is 6.04 Å². The molecule has 6 heterocycles. The highest BCUT2D eigenvalue weighted by atomic mass is 15.1. The number of hydrogen-bond acceptors (Lipinski definition) is 6. The summed E-state index contributed by atoms with van der Waals surface area (Å²) in [6, 6.07) is 14.3. The van der Waals surface area contributed by atoms with Crippen molar-refractivity contribution in [1.29, 1.82) is 0 Å². The zero-order chi connectivity index (χ0) is 23.1. The van der Waals surface area contributed by atoms with Crippen molar-refractivity contribution in [3.05, 3.63) is 73.4 Å². The number of aromatic amines is 2. The van der Waals surface area contributed by atoms with Crippen LogP contribution >= 0.6 is 0 Å². The first kappa shape index (κ1) is 20.0. The molecule has 6 rings (SSSR count). The lowest BCUT2D eigenvalue weighted by Crippen LogP contribution is -2.09. The predicted molar refractivity (Wildman–Crippen MR) is 134 cm³/mol. The normalized spacial score (nSPS) is 11.5. The largest absolute Gasteiger partial charge is 0.382 e. The van der Waals surface area contributed by atoms with Gasteiger partial charge in [-0.15, -0.1) is 0 Å². The van der Waals surface area contributed by atoms with E-state index >= 15 is 0 Å². The van der Waals surface area contributed by atoms with Gasteiger partial charge in [0.25, 0.3) is 0 Å². The van der Waals surface area contributed by atoms with Crippen molar-refractivity contribution in [3.63, 3.8) is 0 Å². The van der Waals surface area contributed by atoms with E-state index in [4.69, 9.17) is 4.98 Å². The molecule has 0 aromatic carbocycles. The summed E-state index contributed by atoms with van der Waals surface area (Å²) in [5, 5.41) is 12.1. The van der Waals surface area contributed by atoms with Gasteiger partial charge in [0.15, 0.2) is 0 Å². The van der Waals surface area contributed by atoms with E-state index in [-0.39, 0.29) is 0 Å². The van der Waals surface area contributed by atoms with Crippen LogP contribution in [0.5, 0.6) is 0 Å². The quantitative estimate of drug-likeness (QED) is 0.325. The van der Waals surface area contributed by atoms with Gasteiger partial charge in [0.2, 0.25) is 0 Å². The molecule has 0 fully saturated rings. The van der Waals surface area contributed by atoms with Crippen LogP contribution < -0.4 is 5.32 Å². The van der Waals surface area contributed by atoms with Crippen LogP contribution in [0.1, 0.15) is 13.8 Å². The number of rotatable bonds is 5. The lowest BCUT2D eigenvalue weighted by molar-refractivity contribution is 0.898. The topological polar surface area (TPSA) is 108 Å². The van der Waals surface area contributed by atoms with Crippen LogP contribution in [0.25, 0.3) is 55.8 Å². The minimum absolute atomic E-state index is 0.321. The van der Waals surface area contributed by atoms with Gasteiger partial charge < -0.3 is 10.3 Å². The molecular weight excluding hydrogens is 424 g/mol.